The van der Waals surface area contributed by atoms with Crippen LogP contribution in [0.15, 0.2) is 17.1 Å². The quantitative estimate of drug-likeness (QED) is 0.681. The molecule has 4 rings (SSSR count). The minimum absolute atomic E-state index is 0.0122. The Bertz CT molecular complexity index is 1140. The lowest BCUT2D eigenvalue weighted by molar-refractivity contribution is -0.0280. The molecule has 0 amide bonds. The summed E-state index contributed by atoms with van der Waals surface area (Å²) in [6.07, 6.45) is 1.88. The van der Waals surface area contributed by atoms with E-state index in [1.165, 1.54) is 0 Å². The zero-order valence-corrected chi connectivity index (χ0v) is 18.6. The maximum atomic E-state index is 13.1. The third-order valence-electron chi connectivity index (χ3n) is 6.06. The third-order valence-corrected chi connectivity index (χ3v) is 6.06. The number of nitrogen functional groups attached to an aromatic ring is 1. The van der Waals surface area contributed by atoms with Crippen molar-refractivity contribution >= 4 is 22.5 Å². The van der Waals surface area contributed by atoms with Gasteiger partial charge in [-0.15, -0.1) is 0 Å². The molecule has 162 valence electrons. The molecule has 3 aromatic heterocycles. The summed E-state index contributed by atoms with van der Waals surface area (Å²) >= 11 is 0. The molecule has 30 heavy (non-hydrogen) atoms. The third kappa shape index (κ3) is 3.36. The molecule has 1 fully saturated rings. The normalized spacial score (nSPS) is 17.8. The van der Waals surface area contributed by atoms with E-state index < -0.39 is 0 Å². The summed E-state index contributed by atoms with van der Waals surface area (Å²) < 4.78 is 9.48. The maximum absolute atomic E-state index is 13.1. The van der Waals surface area contributed by atoms with Crippen molar-refractivity contribution in [2.45, 2.75) is 46.3 Å². The maximum Gasteiger partial charge on any atom is 0.264 e. The first-order chi connectivity index (χ1) is 14.1. The molecule has 0 radical (unpaired) electrons. The molecular weight excluding hydrogens is 382 g/mol. The molecule has 0 unspecified atom stereocenters. The van der Waals surface area contributed by atoms with Gasteiger partial charge in [0.05, 0.1) is 23.4 Å². The highest BCUT2D eigenvalue weighted by Crippen LogP contribution is 2.32. The number of H-pyrrole nitrogens is 1. The fourth-order valence-electron chi connectivity index (χ4n) is 4.07. The van der Waals surface area contributed by atoms with Crippen LogP contribution >= 0.6 is 0 Å². The van der Waals surface area contributed by atoms with Crippen molar-refractivity contribution in [3.05, 3.63) is 22.6 Å². The van der Waals surface area contributed by atoms with Gasteiger partial charge in [0.1, 0.15) is 11.2 Å². The molecule has 3 aromatic rings. The molecule has 3 N–H and O–H groups in total. The number of hydrogen-bond acceptors (Lipinski definition) is 6. The van der Waals surface area contributed by atoms with Gasteiger partial charge in [0.15, 0.2) is 5.82 Å². The lowest BCUT2D eigenvalue weighted by atomic mass is 10.0. The van der Waals surface area contributed by atoms with Gasteiger partial charge in [0.2, 0.25) is 0 Å². The average molecular weight is 414 g/mol. The first-order valence-corrected chi connectivity index (χ1v) is 10.4. The van der Waals surface area contributed by atoms with Gasteiger partial charge in [-0.1, -0.05) is 13.8 Å². The smallest absolute Gasteiger partial charge is 0.264 e. The van der Waals surface area contributed by atoms with Crippen molar-refractivity contribution in [2.75, 3.05) is 30.3 Å². The molecule has 1 atom stereocenters. The molecule has 4 heterocycles. The van der Waals surface area contributed by atoms with Gasteiger partial charge in [0.25, 0.3) is 5.56 Å². The number of aromatic amines is 1. The SMILES string of the molecule is CC(C)[C@H](C)n1cc(-c2cc(N3CCOC(C)(C)C3)n(C)n2)c2[nH]nc(N)c2c1=O. The van der Waals surface area contributed by atoms with Crippen LogP contribution in [0.4, 0.5) is 11.6 Å². The molecular formula is C21H31N7O2. The van der Waals surface area contributed by atoms with Gasteiger partial charge < -0.3 is 19.9 Å². The van der Waals surface area contributed by atoms with Crippen molar-refractivity contribution in [3.63, 3.8) is 0 Å². The number of anilines is 2. The lowest BCUT2D eigenvalue weighted by Crippen LogP contribution is -2.48. The van der Waals surface area contributed by atoms with Gasteiger partial charge in [-0.05, 0) is 26.7 Å². The highest BCUT2D eigenvalue weighted by Gasteiger charge is 2.29. The summed E-state index contributed by atoms with van der Waals surface area (Å²) in [4.78, 5) is 15.4. The zero-order chi connectivity index (χ0) is 21.8. The van der Waals surface area contributed by atoms with Gasteiger partial charge in [-0.2, -0.15) is 10.2 Å². The number of rotatable bonds is 4. The van der Waals surface area contributed by atoms with Crippen molar-refractivity contribution in [3.8, 4) is 11.3 Å². The molecule has 0 aromatic carbocycles. The summed E-state index contributed by atoms with van der Waals surface area (Å²) in [5, 5.41) is 12.2. The Balaban J connectivity index is 1.86. The van der Waals surface area contributed by atoms with Crippen LogP contribution in [-0.4, -0.2) is 49.8 Å². The van der Waals surface area contributed by atoms with Gasteiger partial charge >= 0.3 is 0 Å². The van der Waals surface area contributed by atoms with E-state index in [4.69, 9.17) is 15.6 Å². The molecule has 0 bridgehead atoms. The van der Waals surface area contributed by atoms with Crippen molar-refractivity contribution < 1.29 is 4.74 Å². The highest BCUT2D eigenvalue weighted by molar-refractivity contribution is 5.97. The number of aromatic nitrogens is 5. The second-order valence-electron chi connectivity index (χ2n) is 9.14. The molecule has 1 saturated heterocycles. The summed E-state index contributed by atoms with van der Waals surface area (Å²) in [7, 11) is 1.94. The van der Waals surface area contributed by atoms with E-state index in [0.29, 0.717) is 17.5 Å². The van der Waals surface area contributed by atoms with E-state index in [0.717, 1.165) is 30.2 Å². The van der Waals surface area contributed by atoms with Crippen LogP contribution in [0.2, 0.25) is 0 Å². The van der Waals surface area contributed by atoms with Gasteiger partial charge in [0, 0.05) is 44.0 Å². The van der Waals surface area contributed by atoms with E-state index in [1.54, 1.807) is 4.57 Å². The predicted octanol–water partition coefficient (Wildman–Crippen LogP) is 2.54. The standard InChI is InChI=1S/C21H31N7O2/c1-12(2)13(3)28-10-14(18-17(20(28)29)19(22)24-23-18)15-9-16(26(6)25-15)27-7-8-30-21(4,5)11-27/h9-10,12-13H,7-8,11H2,1-6H3,(H3,22,23,24)/t13-/m0/s1. The Labute approximate surface area is 175 Å². The Hall–Kier alpha value is -2.81. The van der Waals surface area contributed by atoms with Crippen molar-refractivity contribution in [1.82, 2.24) is 24.5 Å². The Morgan fingerprint density at radius 3 is 2.70 bits per heavy atom. The molecule has 9 heteroatoms. The molecule has 9 nitrogen and oxygen atoms in total. The Morgan fingerprint density at radius 2 is 2.03 bits per heavy atom. The number of nitrogens with one attached hydrogen (secondary N) is 1. The number of morpholine rings is 1. The molecule has 0 saturated carbocycles. The second-order valence-corrected chi connectivity index (χ2v) is 9.14. The Kier molecular flexibility index (Phi) is 4.88. The van der Waals surface area contributed by atoms with Crippen LogP contribution in [0.3, 0.4) is 0 Å². The number of pyridine rings is 1. The fraction of sp³-hybridized carbons (Fsp3) is 0.571. The monoisotopic (exact) mass is 413 g/mol. The topological polar surface area (TPSA) is 107 Å². The van der Waals surface area contributed by atoms with Gasteiger partial charge in [-0.3, -0.25) is 14.6 Å². The van der Waals surface area contributed by atoms with Crippen LogP contribution in [0.1, 0.15) is 40.7 Å². The number of fused-ring (bicyclic) bond motifs is 1. The molecule has 1 aliphatic rings. The van der Waals surface area contributed by atoms with Crippen LogP contribution in [0, 0.1) is 5.92 Å². The van der Waals surface area contributed by atoms with E-state index in [1.807, 2.05) is 24.9 Å². The van der Waals surface area contributed by atoms with Crippen LogP contribution < -0.4 is 16.2 Å². The number of hydrogen-bond donors (Lipinski definition) is 2. The van der Waals surface area contributed by atoms with E-state index >= 15 is 0 Å². The predicted molar refractivity (Wildman–Crippen MR) is 119 cm³/mol. The minimum atomic E-state index is -0.215. The summed E-state index contributed by atoms with van der Waals surface area (Å²) in [6.45, 7) is 12.7. The van der Waals surface area contributed by atoms with E-state index in [9.17, 15) is 4.79 Å². The summed E-state index contributed by atoms with van der Waals surface area (Å²) in [5.41, 5.74) is 7.91. The van der Waals surface area contributed by atoms with Crippen LogP contribution in [0.25, 0.3) is 22.2 Å². The van der Waals surface area contributed by atoms with Crippen LogP contribution in [-0.2, 0) is 11.8 Å². The van der Waals surface area contributed by atoms with Crippen LogP contribution in [0.5, 0.6) is 0 Å². The summed E-state index contributed by atoms with van der Waals surface area (Å²) in [6, 6.07) is 2.07. The van der Waals surface area contributed by atoms with Crippen molar-refractivity contribution in [2.24, 2.45) is 13.0 Å². The first kappa shape index (κ1) is 20.5. The molecule has 0 aliphatic carbocycles. The lowest BCUT2D eigenvalue weighted by Gasteiger charge is -2.39. The largest absolute Gasteiger partial charge is 0.382 e. The number of nitrogens with zero attached hydrogens (tertiary/aromatic N) is 5. The summed E-state index contributed by atoms with van der Waals surface area (Å²) in [5.74, 6) is 1.51. The first-order valence-electron chi connectivity index (χ1n) is 10.4. The molecule has 1 aliphatic heterocycles. The van der Waals surface area contributed by atoms with E-state index in [2.05, 4.69) is 48.9 Å². The highest BCUT2D eigenvalue weighted by atomic mass is 16.5. The molecule has 0 spiro atoms. The van der Waals surface area contributed by atoms with E-state index in [-0.39, 0.29) is 28.9 Å². The number of aryl methyl sites for hydroxylation is 1. The van der Waals surface area contributed by atoms with Gasteiger partial charge in [-0.25, -0.2) is 0 Å². The fourth-order valence-corrected chi connectivity index (χ4v) is 4.07. The Morgan fingerprint density at radius 1 is 1.30 bits per heavy atom. The number of ether oxygens (including phenoxy) is 1. The second kappa shape index (κ2) is 7.16. The minimum Gasteiger partial charge on any atom is -0.382 e. The zero-order valence-electron chi connectivity index (χ0n) is 18.6. The number of nitrogens with two attached hydrogens (primary N) is 1. The van der Waals surface area contributed by atoms with Crippen molar-refractivity contribution in [1.29, 1.82) is 0 Å². The average Bonchev–Trinajstić information content (AvgIpc) is 3.24.